The van der Waals surface area contributed by atoms with Crippen molar-refractivity contribution >= 4 is 12.9 Å². The first-order valence-corrected chi connectivity index (χ1v) is 8.06. The van der Waals surface area contributed by atoms with Gasteiger partial charge < -0.3 is 18.6 Å². The summed E-state index contributed by atoms with van der Waals surface area (Å²) in [5, 5.41) is -0.154. The van der Waals surface area contributed by atoms with E-state index in [1.807, 2.05) is 20.8 Å². The molecule has 0 spiro atoms. The van der Waals surface area contributed by atoms with E-state index in [4.69, 9.17) is 8.83 Å². The van der Waals surface area contributed by atoms with Crippen molar-refractivity contribution in [1.82, 2.24) is 4.98 Å². The van der Waals surface area contributed by atoms with Crippen molar-refractivity contribution in [2.24, 2.45) is 5.92 Å². The maximum atomic E-state index is 11.5. The van der Waals surface area contributed by atoms with Crippen molar-refractivity contribution in [3.8, 4) is 11.5 Å². The quantitative estimate of drug-likeness (QED) is 0.823. The second-order valence-corrected chi connectivity index (χ2v) is 6.58. The molecule has 0 amide bonds. The van der Waals surface area contributed by atoms with Crippen molar-refractivity contribution in [2.75, 3.05) is 0 Å². The van der Waals surface area contributed by atoms with Crippen molar-refractivity contribution in [3.05, 3.63) is 24.0 Å². The molecule has 0 aromatic carbocycles. The minimum absolute atomic E-state index is 0.0948. The van der Waals surface area contributed by atoms with E-state index in [1.54, 1.807) is 0 Å². The fourth-order valence-corrected chi connectivity index (χ4v) is 2.63. The van der Waals surface area contributed by atoms with E-state index >= 15 is 0 Å². The van der Waals surface area contributed by atoms with Crippen LogP contribution in [0.3, 0.4) is 0 Å². The SMILES string of the molecule is CCc1nc(-c2occc2P(=O)(O)O)c(CC(C)C)o1. The predicted octanol–water partition coefficient (Wildman–Crippen LogP) is 2.50. The minimum Gasteiger partial charge on any atom is -0.462 e. The Bertz CT molecular complexity index is 637. The monoisotopic (exact) mass is 299 g/mol. The number of hydrogen-bond donors (Lipinski definition) is 2. The van der Waals surface area contributed by atoms with Gasteiger partial charge in [0.15, 0.2) is 11.7 Å². The zero-order valence-electron chi connectivity index (χ0n) is 11.7. The van der Waals surface area contributed by atoms with Crippen molar-refractivity contribution in [1.29, 1.82) is 0 Å². The fraction of sp³-hybridized carbons (Fsp3) is 0.462. The Kier molecular flexibility index (Phi) is 4.18. The number of furan rings is 1. The van der Waals surface area contributed by atoms with Gasteiger partial charge in [0.05, 0.1) is 6.26 Å². The summed E-state index contributed by atoms with van der Waals surface area (Å²) in [6.45, 7) is 5.97. The molecule has 20 heavy (non-hydrogen) atoms. The number of aromatic nitrogens is 1. The first kappa shape index (κ1) is 15.0. The van der Waals surface area contributed by atoms with E-state index in [0.29, 0.717) is 36.1 Å². The third-order valence-electron chi connectivity index (χ3n) is 2.81. The molecule has 110 valence electrons. The van der Waals surface area contributed by atoms with Crippen LogP contribution in [0.5, 0.6) is 0 Å². The van der Waals surface area contributed by atoms with Gasteiger partial charge in [-0.05, 0) is 12.0 Å². The molecule has 2 N–H and O–H groups in total. The number of aryl methyl sites for hydroxylation is 1. The number of oxazole rings is 1. The second kappa shape index (κ2) is 5.56. The van der Waals surface area contributed by atoms with Crippen LogP contribution in [0, 0.1) is 5.92 Å². The summed E-state index contributed by atoms with van der Waals surface area (Å²) in [7, 11) is -4.40. The standard InChI is InChI=1S/C13H18NO5P/c1-4-11-14-12(9(19-11)7-8(2)3)13-10(5-6-18-13)20(15,16)17/h5-6,8H,4,7H2,1-3H3,(H2,15,16,17). The molecule has 0 unspecified atom stereocenters. The lowest BCUT2D eigenvalue weighted by molar-refractivity contribution is 0.387. The Morgan fingerprint density at radius 2 is 2.10 bits per heavy atom. The van der Waals surface area contributed by atoms with Gasteiger partial charge >= 0.3 is 7.60 Å². The highest BCUT2D eigenvalue weighted by Crippen LogP contribution is 2.39. The van der Waals surface area contributed by atoms with Crippen LogP contribution in [0.2, 0.25) is 0 Å². The third-order valence-corrected chi connectivity index (χ3v) is 3.79. The zero-order valence-corrected chi connectivity index (χ0v) is 12.6. The van der Waals surface area contributed by atoms with Crippen molar-refractivity contribution in [3.63, 3.8) is 0 Å². The Morgan fingerprint density at radius 3 is 2.65 bits per heavy atom. The van der Waals surface area contributed by atoms with Crippen LogP contribution in [-0.2, 0) is 17.4 Å². The fourth-order valence-electron chi connectivity index (χ4n) is 1.95. The van der Waals surface area contributed by atoms with Gasteiger partial charge in [-0.15, -0.1) is 0 Å². The van der Waals surface area contributed by atoms with Crippen LogP contribution in [0.1, 0.15) is 32.4 Å². The summed E-state index contributed by atoms with van der Waals surface area (Å²) in [4.78, 5) is 23.0. The topological polar surface area (TPSA) is 96.7 Å². The second-order valence-electron chi connectivity index (χ2n) is 5.01. The first-order chi connectivity index (χ1) is 9.32. The molecular formula is C13H18NO5P. The molecule has 0 atom stereocenters. The number of hydrogen-bond acceptors (Lipinski definition) is 4. The van der Waals surface area contributed by atoms with Gasteiger partial charge in [-0.2, -0.15) is 0 Å². The van der Waals surface area contributed by atoms with E-state index in [2.05, 4.69) is 4.98 Å². The molecule has 2 rings (SSSR count). The van der Waals surface area contributed by atoms with Crippen LogP contribution >= 0.6 is 7.60 Å². The summed E-state index contributed by atoms with van der Waals surface area (Å²) < 4.78 is 22.4. The van der Waals surface area contributed by atoms with Crippen molar-refractivity contribution < 1.29 is 23.2 Å². The predicted molar refractivity (Wildman–Crippen MR) is 73.8 cm³/mol. The van der Waals surface area contributed by atoms with Crippen LogP contribution in [0.15, 0.2) is 21.2 Å². The average molecular weight is 299 g/mol. The maximum absolute atomic E-state index is 11.5. The first-order valence-electron chi connectivity index (χ1n) is 6.45. The molecule has 0 aliphatic carbocycles. The van der Waals surface area contributed by atoms with Gasteiger partial charge in [-0.25, -0.2) is 4.98 Å². The van der Waals surface area contributed by atoms with Gasteiger partial charge in [-0.3, -0.25) is 4.57 Å². The summed E-state index contributed by atoms with van der Waals surface area (Å²) in [5.41, 5.74) is 0.388. The molecule has 0 saturated carbocycles. The molecule has 2 aromatic heterocycles. The van der Waals surface area contributed by atoms with Gasteiger partial charge in [0.2, 0.25) is 0 Å². The molecule has 0 aliphatic heterocycles. The van der Waals surface area contributed by atoms with Crippen LogP contribution < -0.4 is 5.30 Å². The lowest BCUT2D eigenvalue weighted by Gasteiger charge is -2.05. The molecule has 2 heterocycles. The molecule has 0 saturated heterocycles. The van der Waals surface area contributed by atoms with Crippen molar-refractivity contribution in [2.45, 2.75) is 33.6 Å². The highest BCUT2D eigenvalue weighted by Gasteiger charge is 2.29. The molecule has 7 heteroatoms. The summed E-state index contributed by atoms with van der Waals surface area (Å²) in [6, 6.07) is 1.27. The smallest absolute Gasteiger partial charge is 0.360 e. The van der Waals surface area contributed by atoms with Crippen LogP contribution in [0.4, 0.5) is 0 Å². The molecule has 0 bridgehead atoms. The van der Waals surface area contributed by atoms with Gasteiger partial charge in [0.25, 0.3) is 0 Å². The molecule has 2 aromatic rings. The number of nitrogens with zero attached hydrogens (tertiary/aromatic N) is 1. The van der Waals surface area contributed by atoms with E-state index in [0.717, 1.165) is 0 Å². The Labute approximate surface area is 117 Å². The zero-order chi connectivity index (χ0) is 14.9. The molecule has 0 fully saturated rings. The normalized spacial score (nSPS) is 12.3. The van der Waals surface area contributed by atoms with Gasteiger partial charge in [-0.1, -0.05) is 20.8 Å². The van der Waals surface area contributed by atoms with E-state index < -0.39 is 7.60 Å². The third kappa shape index (κ3) is 3.03. The van der Waals surface area contributed by atoms with Gasteiger partial charge in [0, 0.05) is 12.8 Å². The molecule has 6 nitrogen and oxygen atoms in total. The largest absolute Gasteiger partial charge is 0.462 e. The lowest BCUT2D eigenvalue weighted by Crippen LogP contribution is -2.05. The maximum Gasteiger partial charge on any atom is 0.360 e. The minimum atomic E-state index is -4.40. The summed E-state index contributed by atoms with van der Waals surface area (Å²) >= 11 is 0. The van der Waals surface area contributed by atoms with E-state index in [9.17, 15) is 14.4 Å². The molecular weight excluding hydrogens is 281 g/mol. The lowest BCUT2D eigenvalue weighted by atomic mass is 10.1. The molecule has 0 aliphatic rings. The highest BCUT2D eigenvalue weighted by atomic mass is 31.2. The Balaban J connectivity index is 2.55. The Morgan fingerprint density at radius 1 is 1.40 bits per heavy atom. The van der Waals surface area contributed by atoms with Gasteiger partial charge in [0.1, 0.15) is 16.8 Å². The molecule has 0 radical (unpaired) electrons. The average Bonchev–Trinajstić information content (AvgIpc) is 2.92. The van der Waals surface area contributed by atoms with Crippen LogP contribution in [-0.4, -0.2) is 14.8 Å². The summed E-state index contributed by atoms with van der Waals surface area (Å²) in [6.07, 6.45) is 2.49. The van der Waals surface area contributed by atoms with E-state index in [1.165, 1.54) is 12.3 Å². The Hall–Kier alpha value is -1.36. The van der Waals surface area contributed by atoms with E-state index in [-0.39, 0.29) is 11.1 Å². The summed E-state index contributed by atoms with van der Waals surface area (Å²) in [5.74, 6) is 1.56. The van der Waals surface area contributed by atoms with Crippen LogP contribution in [0.25, 0.3) is 11.5 Å². The number of rotatable bonds is 5. The highest BCUT2D eigenvalue weighted by molar-refractivity contribution is 7.60.